The maximum atomic E-state index is 12.8. The van der Waals surface area contributed by atoms with E-state index in [4.69, 9.17) is 4.74 Å². The summed E-state index contributed by atoms with van der Waals surface area (Å²) in [5, 5.41) is 28.3. The molecule has 1 fully saturated rings. The minimum absolute atomic E-state index is 0.00614. The van der Waals surface area contributed by atoms with Crippen LogP contribution in [0.1, 0.15) is 33.7 Å². The van der Waals surface area contributed by atoms with Crippen molar-refractivity contribution < 1.29 is 29.3 Å². The van der Waals surface area contributed by atoms with E-state index in [0.29, 0.717) is 37.4 Å². The lowest BCUT2D eigenvalue weighted by atomic mass is 9.99. The Kier molecular flexibility index (Phi) is 7.01. The molecule has 1 aromatic carbocycles. The Balaban J connectivity index is 1.54. The molecule has 182 valence electrons. The van der Waals surface area contributed by atoms with Gasteiger partial charge in [0.2, 0.25) is 0 Å². The second kappa shape index (κ2) is 10.3. The van der Waals surface area contributed by atoms with Gasteiger partial charge < -0.3 is 29.6 Å². The number of fused-ring (bicyclic) bond motifs is 1. The van der Waals surface area contributed by atoms with E-state index in [1.807, 2.05) is 35.2 Å². The maximum absolute atomic E-state index is 12.8. The number of pyridine rings is 1. The predicted octanol–water partition coefficient (Wildman–Crippen LogP) is 2.56. The molecule has 1 saturated heterocycles. The molecule has 2 aliphatic rings. The van der Waals surface area contributed by atoms with Crippen LogP contribution in [0, 0.1) is 11.3 Å². The molecule has 0 bridgehead atoms. The SMILES string of the molecule is N#CCC1CN(c2cc(C(=O)O)nc3c2CCN(C(=O)O)C3)CCN1C(=O)OCc1ccccc1. The van der Waals surface area contributed by atoms with E-state index in [1.54, 1.807) is 4.90 Å². The summed E-state index contributed by atoms with van der Waals surface area (Å²) in [7, 11) is 0. The zero-order valence-corrected chi connectivity index (χ0v) is 19.0. The first-order valence-electron chi connectivity index (χ1n) is 11.2. The molecule has 1 unspecified atom stereocenters. The molecule has 2 aromatic rings. The third-order valence-electron chi connectivity index (χ3n) is 6.24. The van der Waals surface area contributed by atoms with Gasteiger partial charge in [-0.05, 0) is 18.1 Å². The molecule has 0 aliphatic carbocycles. The van der Waals surface area contributed by atoms with Gasteiger partial charge in [-0.2, -0.15) is 5.26 Å². The van der Waals surface area contributed by atoms with Crippen LogP contribution in [0.3, 0.4) is 0 Å². The third-order valence-corrected chi connectivity index (χ3v) is 6.24. The summed E-state index contributed by atoms with van der Waals surface area (Å²) >= 11 is 0. The van der Waals surface area contributed by atoms with Crippen LogP contribution in [0.4, 0.5) is 15.3 Å². The van der Waals surface area contributed by atoms with Crippen molar-refractivity contribution in [2.45, 2.75) is 32.0 Å². The Morgan fingerprint density at radius 3 is 2.60 bits per heavy atom. The van der Waals surface area contributed by atoms with Crippen molar-refractivity contribution in [3.63, 3.8) is 0 Å². The largest absolute Gasteiger partial charge is 0.477 e. The Labute approximate surface area is 201 Å². The van der Waals surface area contributed by atoms with Crippen LogP contribution in [0.5, 0.6) is 0 Å². The number of carbonyl (C=O) groups is 3. The fourth-order valence-electron chi connectivity index (χ4n) is 4.47. The maximum Gasteiger partial charge on any atom is 0.410 e. The summed E-state index contributed by atoms with van der Waals surface area (Å²) in [5.74, 6) is -1.21. The number of benzene rings is 1. The molecule has 0 spiro atoms. The normalized spacial score (nSPS) is 17.3. The number of nitrogens with zero attached hydrogens (tertiary/aromatic N) is 5. The molecular formula is C24H25N5O6. The van der Waals surface area contributed by atoms with Crippen molar-refractivity contribution >= 4 is 23.8 Å². The van der Waals surface area contributed by atoms with Crippen LogP contribution in [0.2, 0.25) is 0 Å². The topological polar surface area (TPSA) is 147 Å². The minimum Gasteiger partial charge on any atom is -0.477 e. The number of ether oxygens (including phenoxy) is 1. The first kappa shape index (κ1) is 23.8. The van der Waals surface area contributed by atoms with Crippen molar-refractivity contribution in [1.82, 2.24) is 14.8 Å². The standard InChI is InChI=1S/C24H25N5O6/c25-8-6-17-13-27(10-11-29(17)24(34)35-15-16-4-2-1-3-5-16)21-12-19(22(30)31)26-20-14-28(23(32)33)9-7-18(20)21/h1-5,12,17H,6-7,9-11,13-15H2,(H,30,31)(H,32,33). The van der Waals surface area contributed by atoms with Gasteiger partial charge in [0.15, 0.2) is 5.69 Å². The molecule has 3 heterocycles. The van der Waals surface area contributed by atoms with E-state index in [0.717, 1.165) is 11.1 Å². The number of hydrogen-bond donors (Lipinski definition) is 2. The number of rotatable bonds is 5. The Hall–Kier alpha value is -4.33. The zero-order chi connectivity index (χ0) is 24.9. The second-order valence-corrected chi connectivity index (χ2v) is 8.41. The summed E-state index contributed by atoms with van der Waals surface area (Å²) in [4.78, 5) is 44.8. The number of anilines is 1. The molecule has 11 nitrogen and oxygen atoms in total. The van der Waals surface area contributed by atoms with E-state index in [-0.39, 0.29) is 31.8 Å². The van der Waals surface area contributed by atoms with Gasteiger partial charge in [-0.15, -0.1) is 0 Å². The van der Waals surface area contributed by atoms with Crippen molar-refractivity contribution in [3.8, 4) is 6.07 Å². The van der Waals surface area contributed by atoms with Crippen LogP contribution in [-0.4, -0.2) is 75.4 Å². The lowest BCUT2D eigenvalue weighted by Gasteiger charge is -2.42. The molecule has 2 N–H and O–H groups in total. The highest BCUT2D eigenvalue weighted by molar-refractivity contribution is 5.87. The molecule has 11 heteroatoms. The summed E-state index contributed by atoms with van der Waals surface area (Å²) in [6.45, 7) is 1.41. The smallest absolute Gasteiger partial charge is 0.410 e. The summed E-state index contributed by atoms with van der Waals surface area (Å²) in [5.41, 5.74) is 2.54. The van der Waals surface area contributed by atoms with Gasteiger partial charge in [0.05, 0.1) is 30.8 Å². The highest BCUT2D eigenvalue weighted by Gasteiger charge is 2.34. The lowest BCUT2D eigenvalue weighted by Crippen LogP contribution is -2.55. The molecule has 0 saturated carbocycles. The minimum atomic E-state index is -1.21. The fraction of sp³-hybridized carbons (Fsp3) is 0.375. The summed E-state index contributed by atoms with van der Waals surface area (Å²) in [6, 6.07) is 12.5. The quantitative estimate of drug-likeness (QED) is 0.660. The van der Waals surface area contributed by atoms with Crippen LogP contribution in [-0.2, 0) is 24.3 Å². The zero-order valence-electron chi connectivity index (χ0n) is 19.0. The Morgan fingerprint density at radius 2 is 1.91 bits per heavy atom. The van der Waals surface area contributed by atoms with Crippen molar-refractivity contribution in [1.29, 1.82) is 5.26 Å². The van der Waals surface area contributed by atoms with Crippen molar-refractivity contribution in [3.05, 3.63) is 58.9 Å². The highest BCUT2D eigenvalue weighted by atomic mass is 16.6. The number of aromatic nitrogens is 1. The molecule has 4 rings (SSSR count). The fourth-order valence-corrected chi connectivity index (χ4v) is 4.47. The monoisotopic (exact) mass is 479 g/mol. The molecule has 2 amide bonds. The number of hydrogen-bond acceptors (Lipinski definition) is 7. The van der Waals surface area contributed by atoms with Gasteiger partial charge in [-0.25, -0.2) is 19.4 Å². The number of amides is 2. The number of aromatic carboxylic acids is 1. The average Bonchev–Trinajstić information content (AvgIpc) is 2.87. The number of carboxylic acid groups (broad SMARTS) is 2. The van der Waals surface area contributed by atoms with Crippen LogP contribution >= 0.6 is 0 Å². The third kappa shape index (κ3) is 5.27. The predicted molar refractivity (Wildman–Crippen MR) is 123 cm³/mol. The molecule has 1 aromatic heterocycles. The number of carbonyl (C=O) groups excluding carboxylic acids is 1. The van der Waals surface area contributed by atoms with Gasteiger partial charge in [0.25, 0.3) is 0 Å². The summed E-state index contributed by atoms with van der Waals surface area (Å²) < 4.78 is 5.47. The number of nitriles is 1. The average molecular weight is 479 g/mol. The van der Waals surface area contributed by atoms with E-state index >= 15 is 0 Å². The van der Waals surface area contributed by atoms with E-state index < -0.39 is 24.2 Å². The Bertz CT molecular complexity index is 1160. The van der Waals surface area contributed by atoms with Gasteiger partial charge >= 0.3 is 18.2 Å². The Morgan fingerprint density at radius 1 is 1.14 bits per heavy atom. The summed E-state index contributed by atoms with van der Waals surface area (Å²) in [6.07, 6.45) is -1.11. The van der Waals surface area contributed by atoms with Crippen LogP contribution in [0.15, 0.2) is 36.4 Å². The molecule has 1 atom stereocenters. The van der Waals surface area contributed by atoms with Crippen LogP contribution in [0.25, 0.3) is 0 Å². The van der Waals surface area contributed by atoms with E-state index in [9.17, 15) is 29.9 Å². The molecule has 2 aliphatic heterocycles. The molecule has 0 radical (unpaired) electrons. The first-order chi connectivity index (χ1) is 16.9. The lowest BCUT2D eigenvalue weighted by molar-refractivity contribution is 0.0689. The van der Waals surface area contributed by atoms with Crippen LogP contribution < -0.4 is 4.90 Å². The van der Waals surface area contributed by atoms with Crippen molar-refractivity contribution in [2.24, 2.45) is 0 Å². The highest BCUT2D eigenvalue weighted by Crippen LogP contribution is 2.31. The van der Waals surface area contributed by atoms with Gasteiger partial charge in [0.1, 0.15) is 6.61 Å². The van der Waals surface area contributed by atoms with E-state index in [2.05, 4.69) is 11.1 Å². The van der Waals surface area contributed by atoms with Crippen molar-refractivity contribution in [2.75, 3.05) is 31.1 Å². The van der Waals surface area contributed by atoms with Gasteiger partial charge in [-0.1, -0.05) is 30.3 Å². The first-order valence-corrected chi connectivity index (χ1v) is 11.2. The van der Waals surface area contributed by atoms with Gasteiger partial charge in [0, 0.05) is 37.4 Å². The molecule has 35 heavy (non-hydrogen) atoms. The number of carboxylic acids is 1. The molecular weight excluding hydrogens is 454 g/mol. The van der Waals surface area contributed by atoms with Gasteiger partial charge in [-0.3, -0.25) is 0 Å². The van der Waals surface area contributed by atoms with E-state index in [1.165, 1.54) is 11.0 Å². The second-order valence-electron chi connectivity index (χ2n) is 8.41. The number of piperazine rings is 1.